The standard InChI is InChI=1S/C15H31NO/c1-8-11(2)9-12(3)16-13-10-14(4,5)17-15(13,6)7/h11-13,16H,8-10H2,1-7H3. The predicted molar refractivity (Wildman–Crippen MR) is 74.3 cm³/mol. The molecule has 0 amide bonds. The minimum absolute atomic E-state index is 0.0112. The van der Waals surface area contributed by atoms with Gasteiger partial charge in [0.15, 0.2) is 0 Å². The Labute approximate surface area is 108 Å². The van der Waals surface area contributed by atoms with E-state index in [0.717, 1.165) is 12.3 Å². The van der Waals surface area contributed by atoms with E-state index in [0.29, 0.717) is 12.1 Å². The first-order chi connectivity index (χ1) is 7.66. The minimum Gasteiger partial charge on any atom is -0.368 e. The fraction of sp³-hybridized carbons (Fsp3) is 1.00. The third kappa shape index (κ3) is 4.26. The molecule has 0 aliphatic carbocycles. The molecule has 1 N–H and O–H groups in total. The predicted octanol–water partition coefficient (Wildman–Crippen LogP) is 3.75. The highest BCUT2D eigenvalue weighted by Gasteiger charge is 2.45. The maximum Gasteiger partial charge on any atom is 0.0787 e. The normalized spacial score (nSPS) is 30.2. The molecule has 1 aliphatic rings. The Morgan fingerprint density at radius 1 is 1.24 bits per heavy atom. The Balaban J connectivity index is 2.51. The first-order valence-electron chi connectivity index (χ1n) is 7.12. The SMILES string of the molecule is CCC(C)CC(C)NC1CC(C)(C)OC1(C)C. The van der Waals surface area contributed by atoms with Crippen LogP contribution in [0.15, 0.2) is 0 Å². The third-order valence-corrected chi connectivity index (χ3v) is 4.01. The van der Waals surface area contributed by atoms with Crippen LogP contribution in [0.4, 0.5) is 0 Å². The van der Waals surface area contributed by atoms with E-state index in [1.807, 2.05) is 0 Å². The Morgan fingerprint density at radius 3 is 2.24 bits per heavy atom. The molecule has 0 aromatic rings. The monoisotopic (exact) mass is 241 g/mol. The lowest BCUT2D eigenvalue weighted by Crippen LogP contribution is -2.47. The Morgan fingerprint density at radius 2 is 1.82 bits per heavy atom. The van der Waals surface area contributed by atoms with Gasteiger partial charge in [-0.25, -0.2) is 0 Å². The Hall–Kier alpha value is -0.0800. The molecule has 0 radical (unpaired) electrons. The summed E-state index contributed by atoms with van der Waals surface area (Å²) in [5.41, 5.74) is -0.0372. The summed E-state index contributed by atoms with van der Waals surface area (Å²) in [6.07, 6.45) is 3.62. The van der Waals surface area contributed by atoms with Crippen molar-refractivity contribution in [3.63, 3.8) is 0 Å². The zero-order chi connectivity index (χ0) is 13.3. The smallest absolute Gasteiger partial charge is 0.0787 e. The van der Waals surface area contributed by atoms with E-state index in [9.17, 15) is 0 Å². The van der Waals surface area contributed by atoms with Gasteiger partial charge in [-0.2, -0.15) is 0 Å². The van der Waals surface area contributed by atoms with Crippen LogP contribution in [0.5, 0.6) is 0 Å². The molecule has 17 heavy (non-hydrogen) atoms. The van der Waals surface area contributed by atoms with Crippen molar-refractivity contribution in [2.75, 3.05) is 0 Å². The molecule has 1 rings (SSSR count). The molecule has 3 unspecified atom stereocenters. The molecule has 1 aliphatic heterocycles. The Kier molecular flexibility index (Phi) is 4.65. The zero-order valence-electron chi connectivity index (χ0n) is 12.8. The van der Waals surface area contributed by atoms with Gasteiger partial charge in [0.1, 0.15) is 0 Å². The molecule has 1 heterocycles. The molecule has 0 aromatic carbocycles. The van der Waals surface area contributed by atoms with Crippen molar-refractivity contribution in [2.24, 2.45) is 5.92 Å². The van der Waals surface area contributed by atoms with Gasteiger partial charge in [0.05, 0.1) is 11.2 Å². The van der Waals surface area contributed by atoms with Crippen molar-refractivity contribution < 1.29 is 4.74 Å². The highest BCUT2D eigenvalue weighted by Crippen LogP contribution is 2.37. The maximum absolute atomic E-state index is 6.12. The zero-order valence-corrected chi connectivity index (χ0v) is 12.8. The third-order valence-electron chi connectivity index (χ3n) is 4.01. The highest BCUT2D eigenvalue weighted by molar-refractivity contribution is 4.99. The molecule has 0 bridgehead atoms. The molecular formula is C15H31NO. The van der Waals surface area contributed by atoms with Crippen LogP contribution in [-0.4, -0.2) is 23.3 Å². The molecule has 1 fully saturated rings. The topological polar surface area (TPSA) is 21.3 Å². The molecule has 1 saturated heterocycles. The summed E-state index contributed by atoms with van der Waals surface area (Å²) in [4.78, 5) is 0. The molecule has 102 valence electrons. The lowest BCUT2D eigenvalue weighted by atomic mass is 9.92. The van der Waals surface area contributed by atoms with Gasteiger partial charge in [0.2, 0.25) is 0 Å². The van der Waals surface area contributed by atoms with Gasteiger partial charge in [-0.15, -0.1) is 0 Å². The second-order valence-corrected chi connectivity index (χ2v) is 7.04. The van der Waals surface area contributed by atoms with E-state index < -0.39 is 0 Å². The minimum atomic E-state index is -0.0484. The average molecular weight is 241 g/mol. The van der Waals surface area contributed by atoms with Crippen molar-refractivity contribution in [3.8, 4) is 0 Å². The van der Waals surface area contributed by atoms with Crippen LogP contribution in [0.2, 0.25) is 0 Å². The molecule has 2 heteroatoms. The van der Waals surface area contributed by atoms with Crippen LogP contribution in [-0.2, 0) is 4.74 Å². The lowest BCUT2D eigenvalue weighted by Gasteiger charge is -2.30. The average Bonchev–Trinajstić information content (AvgIpc) is 2.33. The fourth-order valence-corrected chi connectivity index (χ4v) is 3.00. The van der Waals surface area contributed by atoms with Crippen molar-refractivity contribution in [3.05, 3.63) is 0 Å². The summed E-state index contributed by atoms with van der Waals surface area (Å²) >= 11 is 0. The second kappa shape index (κ2) is 5.27. The summed E-state index contributed by atoms with van der Waals surface area (Å²) in [7, 11) is 0. The largest absolute Gasteiger partial charge is 0.368 e. The second-order valence-electron chi connectivity index (χ2n) is 7.04. The number of rotatable bonds is 5. The molecular weight excluding hydrogens is 210 g/mol. The van der Waals surface area contributed by atoms with Crippen LogP contribution < -0.4 is 5.32 Å². The van der Waals surface area contributed by atoms with Crippen molar-refractivity contribution in [1.29, 1.82) is 0 Å². The van der Waals surface area contributed by atoms with Gasteiger partial charge in [-0.05, 0) is 53.4 Å². The van der Waals surface area contributed by atoms with E-state index in [-0.39, 0.29) is 11.2 Å². The van der Waals surface area contributed by atoms with Crippen molar-refractivity contribution >= 4 is 0 Å². The molecule has 0 spiro atoms. The van der Waals surface area contributed by atoms with E-state index in [2.05, 4.69) is 53.8 Å². The van der Waals surface area contributed by atoms with Crippen LogP contribution in [0.1, 0.15) is 67.7 Å². The Bertz CT molecular complexity index is 247. The van der Waals surface area contributed by atoms with Gasteiger partial charge >= 0.3 is 0 Å². The number of hydrogen-bond donors (Lipinski definition) is 1. The van der Waals surface area contributed by atoms with Crippen molar-refractivity contribution in [2.45, 2.75) is 91.0 Å². The van der Waals surface area contributed by atoms with Crippen LogP contribution in [0, 0.1) is 5.92 Å². The summed E-state index contributed by atoms with van der Waals surface area (Å²) in [6.45, 7) is 15.7. The highest BCUT2D eigenvalue weighted by atomic mass is 16.5. The van der Waals surface area contributed by atoms with Crippen LogP contribution in [0.3, 0.4) is 0 Å². The van der Waals surface area contributed by atoms with Gasteiger partial charge in [-0.3, -0.25) is 0 Å². The summed E-state index contributed by atoms with van der Waals surface area (Å²) in [5.74, 6) is 0.802. The van der Waals surface area contributed by atoms with Gasteiger partial charge in [-0.1, -0.05) is 20.3 Å². The van der Waals surface area contributed by atoms with Crippen LogP contribution >= 0.6 is 0 Å². The van der Waals surface area contributed by atoms with E-state index >= 15 is 0 Å². The first kappa shape index (κ1) is 15.0. The summed E-state index contributed by atoms with van der Waals surface area (Å²) in [5, 5.41) is 3.76. The van der Waals surface area contributed by atoms with Gasteiger partial charge < -0.3 is 10.1 Å². The fourth-order valence-electron chi connectivity index (χ4n) is 3.00. The maximum atomic E-state index is 6.12. The molecule has 2 nitrogen and oxygen atoms in total. The molecule has 3 atom stereocenters. The van der Waals surface area contributed by atoms with E-state index in [1.54, 1.807) is 0 Å². The number of nitrogens with one attached hydrogen (secondary N) is 1. The molecule has 0 saturated carbocycles. The van der Waals surface area contributed by atoms with Crippen LogP contribution in [0.25, 0.3) is 0 Å². The first-order valence-corrected chi connectivity index (χ1v) is 7.12. The van der Waals surface area contributed by atoms with Gasteiger partial charge in [0, 0.05) is 12.1 Å². The quantitative estimate of drug-likeness (QED) is 0.791. The lowest BCUT2D eigenvalue weighted by molar-refractivity contribution is -0.0704. The van der Waals surface area contributed by atoms with E-state index in [4.69, 9.17) is 4.74 Å². The molecule has 0 aromatic heterocycles. The number of hydrogen-bond acceptors (Lipinski definition) is 2. The van der Waals surface area contributed by atoms with Crippen molar-refractivity contribution in [1.82, 2.24) is 5.32 Å². The van der Waals surface area contributed by atoms with Gasteiger partial charge in [0.25, 0.3) is 0 Å². The summed E-state index contributed by atoms with van der Waals surface area (Å²) < 4.78 is 6.12. The summed E-state index contributed by atoms with van der Waals surface area (Å²) in [6, 6.07) is 1.04. The van der Waals surface area contributed by atoms with E-state index in [1.165, 1.54) is 12.8 Å². The number of ether oxygens (including phenoxy) is 1.